The number of carbonyl (C=O) groups is 1. The maximum Gasteiger partial charge on any atom is 0.291 e. The minimum atomic E-state index is -4.02. The van der Waals surface area contributed by atoms with Crippen LogP contribution in [0.15, 0.2) is 46.8 Å². The molecular formula is C15H9Cl3N4O3S2. The second-order valence-electron chi connectivity index (χ2n) is 5.10. The highest BCUT2D eigenvalue weighted by Crippen LogP contribution is 2.27. The number of halogens is 3. The summed E-state index contributed by atoms with van der Waals surface area (Å²) in [4.78, 5) is 12.1. The maximum atomic E-state index is 12.4. The summed E-state index contributed by atoms with van der Waals surface area (Å²) in [5.74, 6) is -0.471. The molecule has 3 rings (SSSR count). The number of nitrogens with one attached hydrogen (secondary N) is 2. The van der Waals surface area contributed by atoms with Crippen LogP contribution in [0.2, 0.25) is 15.1 Å². The van der Waals surface area contributed by atoms with Crippen LogP contribution >= 0.6 is 46.1 Å². The van der Waals surface area contributed by atoms with E-state index in [-0.39, 0.29) is 25.2 Å². The average molecular weight is 464 g/mol. The summed E-state index contributed by atoms with van der Waals surface area (Å²) in [5, 5.41) is 10.8. The predicted molar refractivity (Wildman–Crippen MR) is 107 cm³/mol. The second-order valence-corrected chi connectivity index (χ2v) is 9.24. The standard InChI is InChI=1S/C15H9Cl3N4O3S2/c16-9-3-1-8(2-4-9)13(23)19-14-20-21-15(26-14)27(24,25)22-12-6-10(17)5-11(18)7-12/h1-7,22H,(H,19,20,23). The van der Waals surface area contributed by atoms with Gasteiger partial charge in [-0.05, 0) is 42.5 Å². The van der Waals surface area contributed by atoms with Gasteiger partial charge in [-0.1, -0.05) is 46.1 Å². The Labute approximate surface area is 173 Å². The molecule has 0 saturated carbocycles. The number of rotatable bonds is 5. The topological polar surface area (TPSA) is 101 Å². The Bertz CT molecular complexity index is 1080. The van der Waals surface area contributed by atoms with Crippen molar-refractivity contribution in [2.75, 3.05) is 10.0 Å². The number of carbonyl (C=O) groups excluding carboxylic acids is 1. The van der Waals surface area contributed by atoms with Crippen molar-refractivity contribution >= 4 is 72.9 Å². The van der Waals surface area contributed by atoms with Crippen LogP contribution in [0.5, 0.6) is 0 Å². The van der Waals surface area contributed by atoms with Crippen LogP contribution < -0.4 is 10.0 Å². The van der Waals surface area contributed by atoms with Gasteiger partial charge in [0.1, 0.15) is 0 Å². The maximum absolute atomic E-state index is 12.4. The van der Waals surface area contributed by atoms with Gasteiger partial charge < -0.3 is 0 Å². The normalized spacial score (nSPS) is 11.2. The zero-order valence-electron chi connectivity index (χ0n) is 13.1. The van der Waals surface area contributed by atoms with Crippen molar-refractivity contribution in [2.45, 2.75) is 4.34 Å². The van der Waals surface area contributed by atoms with Gasteiger partial charge in [-0.15, -0.1) is 10.2 Å². The highest BCUT2D eigenvalue weighted by molar-refractivity contribution is 7.94. The van der Waals surface area contributed by atoms with E-state index in [1.165, 1.54) is 30.3 Å². The Balaban J connectivity index is 1.75. The van der Waals surface area contributed by atoms with E-state index in [9.17, 15) is 13.2 Å². The molecule has 0 aliphatic carbocycles. The first-order valence-electron chi connectivity index (χ1n) is 7.12. The van der Waals surface area contributed by atoms with Crippen molar-refractivity contribution < 1.29 is 13.2 Å². The Morgan fingerprint density at radius 1 is 0.926 bits per heavy atom. The smallest absolute Gasteiger partial charge is 0.291 e. The van der Waals surface area contributed by atoms with Gasteiger partial charge in [-0.2, -0.15) is 8.42 Å². The van der Waals surface area contributed by atoms with E-state index >= 15 is 0 Å². The summed E-state index contributed by atoms with van der Waals surface area (Å²) in [6.45, 7) is 0. The quantitative estimate of drug-likeness (QED) is 0.541. The SMILES string of the molecule is O=C(Nc1nnc(S(=O)(=O)Nc2cc(Cl)cc(Cl)c2)s1)c1ccc(Cl)cc1. The predicted octanol–water partition coefficient (Wildman–Crippen LogP) is 4.55. The van der Waals surface area contributed by atoms with Gasteiger partial charge in [0.15, 0.2) is 0 Å². The molecule has 7 nitrogen and oxygen atoms in total. The Kier molecular flexibility index (Phi) is 5.87. The molecule has 0 aliphatic rings. The molecule has 0 radical (unpaired) electrons. The van der Waals surface area contributed by atoms with E-state index in [1.807, 2.05) is 0 Å². The largest absolute Gasteiger partial charge is 0.296 e. The van der Waals surface area contributed by atoms with Crippen LogP contribution in [0, 0.1) is 0 Å². The van der Waals surface area contributed by atoms with Gasteiger partial charge in [0, 0.05) is 20.6 Å². The lowest BCUT2D eigenvalue weighted by atomic mass is 10.2. The molecule has 27 heavy (non-hydrogen) atoms. The van der Waals surface area contributed by atoms with Gasteiger partial charge in [0.25, 0.3) is 20.3 Å². The van der Waals surface area contributed by atoms with E-state index < -0.39 is 15.9 Å². The molecule has 12 heteroatoms. The fourth-order valence-corrected chi connectivity index (χ4v) is 4.54. The lowest BCUT2D eigenvalue weighted by Crippen LogP contribution is -2.12. The van der Waals surface area contributed by atoms with Crippen LogP contribution in [-0.2, 0) is 10.0 Å². The molecule has 0 atom stereocenters. The average Bonchev–Trinajstić information content (AvgIpc) is 3.03. The fraction of sp³-hybridized carbons (Fsp3) is 0. The summed E-state index contributed by atoms with van der Waals surface area (Å²) >= 11 is 18.2. The summed E-state index contributed by atoms with van der Waals surface area (Å²) in [5.41, 5.74) is 0.514. The molecule has 0 saturated heterocycles. The number of nitrogens with zero attached hydrogens (tertiary/aromatic N) is 2. The molecule has 1 heterocycles. The summed E-state index contributed by atoms with van der Waals surface area (Å²) in [6, 6.07) is 10.4. The van der Waals surface area contributed by atoms with Crippen molar-refractivity contribution in [3.05, 3.63) is 63.1 Å². The molecule has 0 aliphatic heterocycles. The molecule has 1 amide bonds. The van der Waals surface area contributed by atoms with Crippen LogP contribution in [0.3, 0.4) is 0 Å². The third-order valence-electron chi connectivity index (χ3n) is 3.08. The molecule has 0 unspecified atom stereocenters. The number of sulfonamides is 1. The van der Waals surface area contributed by atoms with Crippen molar-refractivity contribution in [1.82, 2.24) is 10.2 Å². The van der Waals surface area contributed by atoms with Crippen molar-refractivity contribution in [3.63, 3.8) is 0 Å². The van der Waals surface area contributed by atoms with Crippen molar-refractivity contribution in [2.24, 2.45) is 0 Å². The molecule has 0 bridgehead atoms. The van der Waals surface area contributed by atoms with Gasteiger partial charge >= 0.3 is 0 Å². The van der Waals surface area contributed by atoms with Gasteiger partial charge in [-0.25, -0.2) is 0 Å². The Morgan fingerprint density at radius 3 is 2.19 bits per heavy atom. The summed E-state index contributed by atoms with van der Waals surface area (Å²) in [7, 11) is -4.02. The molecule has 1 aromatic heterocycles. The highest BCUT2D eigenvalue weighted by Gasteiger charge is 2.21. The number of amides is 1. The van der Waals surface area contributed by atoms with Gasteiger partial charge in [0.2, 0.25) is 5.13 Å². The van der Waals surface area contributed by atoms with Crippen LogP contribution in [0.25, 0.3) is 0 Å². The number of anilines is 2. The zero-order valence-corrected chi connectivity index (χ0v) is 17.0. The van der Waals surface area contributed by atoms with Gasteiger partial charge in [0.05, 0.1) is 5.69 Å². The molecule has 0 spiro atoms. The van der Waals surface area contributed by atoms with E-state index in [0.717, 1.165) is 0 Å². The minimum Gasteiger partial charge on any atom is -0.296 e. The number of aromatic nitrogens is 2. The minimum absolute atomic E-state index is 0.0273. The molecule has 140 valence electrons. The number of hydrogen-bond donors (Lipinski definition) is 2. The van der Waals surface area contributed by atoms with Crippen LogP contribution in [-0.4, -0.2) is 24.5 Å². The first kappa shape index (κ1) is 19.8. The van der Waals surface area contributed by atoms with E-state index in [0.29, 0.717) is 21.9 Å². The molecular weight excluding hydrogens is 455 g/mol. The highest BCUT2D eigenvalue weighted by atomic mass is 35.5. The fourth-order valence-electron chi connectivity index (χ4n) is 1.95. The van der Waals surface area contributed by atoms with Crippen molar-refractivity contribution in [3.8, 4) is 0 Å². The Hall–Kier alpha value is -1.91. The number of benzene rings is 2. The van der Waals surface area contributed by atoms with Gasteiger partial charge in [-0.3, -0.25) is 14.8 Å². The molecule has 2 aromatic carbocycles. The summed E-state index contributed by atoms with van der Waals surface area (Å²) in [6.07, 6.45) is 0. The lowest BCUT2D eigenvalue weighted by molar-refractivity contribution is 0.102. The van der Waals surface area contributed by atoms with E-state index in [4.69, 9.17) is 34.8 Å². The monoisotopic (exact) mass is 462 g/mol. The molecule has 0 fully saturated rings. The van der Waals surface area contributed by atoms with Crippen LogP contribution in [0.1, 0.15) is 10.4 Å². The summed E-state index contributed by atoms with van der Waals surface area (Å²) < 4.78 is 26.8. The number of hydrogen-bond acceptors (Lipinski definition) is 6. The van der Waals surface area contributed by atoms with Crippen LogP contribution in [0.4, 0.5) is 10.8 Å². The van der Waals surface area contributed by atoms with E-state index in [2.05, 4.69) is 20.2 Å². The second kappa shape index (κ2) is 7.99. The van der Waals surface area contributed by atoms with Crippen molar-refractivity contribution in [1.29, 1.82) is 0 Å². The third-order valence-corrected chi connectivity index (χ3v) is 6.35. The zero-order chi connectivity index (χ0) is 19.6. The molecule has 2 N–H and O–H groups in total. The third kappa shape index (κ3) is 5.08. The Morgan fingerprint density at radius 2 is 1.56 bits per heavy atom. The first-order chi connectivity index (χ1) is 12.7. The lowest BCUT2D eigenvalue weighted by Gasteiger charge is -2.06. The van der Waals surface area contributed by atoms with E-state index in [1.54, 1.807) is 12.1 Å². The molecule has 3 aromatic rings. The first-order valence-corrected chi connectivity index (χ1v) is 10.6.